The van der Waals surface area contributed by atoms with Crippen LogP contribution in [0.15, 0.2) is 36.4 Å². The molecular weight excluding hydrogens is 338 g/mol. The fourth-order valence-corrected chi connectivity index (χ4v) is 3.94. The van der Waals surface area contributed by atoms with Crippen molar-refractivity contribution in [1.82, 2.24) is 10.3 Å². The van der Waals surface area contributed by atoms with Crippen molar-refractivity contribution in [3.05, 3.63) is 47.5 Å². The van der Waals surface area contributed by atoms with Gasteiger partial charge in [0.1, 0.15) is 6.07 Å². The molecule has 1 fully saturated rings. The standard InChI is InChI=1S/C22H23N3O2/c1-26-20-6-4-16(12-21(20)27-2)22-18(13-23)17-11-15(3-5-19(17)25-22)14-7-9-24-10-8-14/h3-6,11-12,14,24-25H,7-10H2,1-2H3. The Morgan fingerprint density at radius 2 is 1.78 bits per heavy atom. The number of aromatic nitrogens is 1. The number of piperidine rings is 1. The smallest absolute Gasteiger partial charge is 0.161 e. The van der Waals surface area contributed by atoms with Crippen molar-refractivity contribution in [3.63, 3.8) is 0 Å². The number of hydrogen-bond acceptors (Lipinski definition) is 4. The summed E-state index contributed by atoms with van der Waals surface area (Å²) in [6.45, 7) is 2.11. The third-order valence-corrected chi connectivity index (χ3v) is 5.42. The lowest BCUT2D eigenvalue weighted by Gasteiger charge is -2.23. The van der Waals surface area contributed by atoms with Gasteiger partial charge in [0.15, 0.2) is 11.5 Å². The molecule has 0 spiro atoms. The van der Waals surface area contributed by atoms with Crippen LogP contribution in [0.3, 0.4) is 0 Å². The van der Waals surface area contributed by atoms with Crippen molar-refractivity contribution in [3.8, 4) is 28.8 Å². The molecule has 2 heterocycles. The van der Waals surface area contributed by atoms with E-state index in [1.165, 1.54) is 5.56 Å². The van der Waals surface area contributed by atoms with Crippen LogP contribution in [0.25, 0.3) is 22.2 Å². The van der Waals surface area contributed by atoms with Crippen molar-refractivity contribution in [2.45, 2.75) is 18.8 Å². The van der Waals surface area contributed by atoms with Gasteiger partial charge in [-0.25, -0.2) is 0 Å². The predicted octanol–water partition coefficient (Wildman–Crippen LogP) is 4.19. The van der Waals surface area contributed by atoms with E-state index >= 15 is 0 Å². The van der Waals surface area contributed by atoms with Crippen molar-refractivity contribution in [2.24, 2.45) is 0 Å². The number of nitrogens with one attached hydrogen (secondary N) is 2. The summed E-state index contributed by atoms with van der Waals surface area (Å²) in [5, 5.41) is 14.3. The number of fused-ring (bicyclic) bond motifs is 1. The lowest BCUT2D eigenvalue weighted by molar-refractivity contribution is 0.355. The van der Waals surface area contributed by atoms with Gasteiger partial charge in [-0.1, -0.05) is 6.07 Å². The molecule has 0 unspecified atom stereocenters. The highest BCUT2D eigenvalue weighted by Gasteiger charge is 2.19. The molecule has 1 saturated heterocycles. The zero-order valence-electron chi connectivity index (χ0n) is 15.6. The zero-order chi connectivity index (χ0) is 18.8. The van der Waals surface area contributed by atoms with Gasteiger partial charge >= 0.3 is 0 Å². The molecule has 0 bridgehead atoms. The topological polar surface area (TPSA) is 70.1 Å². The lowest BCUT2D eigenvalue weighted by Crippen LogP contribution is -2.26. The number of hydrogen-bond donors (Lipinski definition) is 2. The molecular formula is C22H23N3O2. The Bertz CT molecular complexity index is 1010. The van der Waals surface area contributed by atoms with Crippen molar-refractivity contribution >= 4 is 10.9 Å². The first-order valence-electron chi connectivity index (χ1n) is 9.24. The van der Waals surface area contributed by atoms with Crippen molar-refractivity contribution in [1.29, 1.82) is 5.26 Å². The molecule has 0 atom stereocenters. The maximum atomic E-state index is 9.86. The van der Waals surface area contributed by atoms with Crippen LogP contribution in [-0.2, 0) is 0 Å². The minimum atomic E-state index is 0.557. The Balaban J connectivity index is 1.81. The molecule has 0 saturated carbocycles. The Morgan fingerprint density at radius 1 is 1.00 bits per heavy atom. The summed E-state index contributed by atoms with van der Waals surface area (Å²) in [5.74, 6) is 1.87. The van der Waals surface area contributed by atoms with Gasteiger partial charge in [-0.05, 0) is 67.7 Å². The minimum absolute atomic E-state index is 0.557. The molecule has 1 aliphatic heterocycles. The second-order valence-corrected chi connectivity index (χ2v) is 6.89. The molecule has 2 aromatic carbocycles. The number of H-pyrrole nitrogens is 1. The first kappa shape index (κ1) is 17.4. The fraction of sp³-hybridized carbons (Fsp3) is 0.318. The zero-order valence-corrected chi connectivity index (χ0v) is 15.6. The average molecular weight is 361 g/mol. The van der Waals surface area contributed by atoms with Crippen LogP contribution in [-0.4, -0.2) is 32.3 Å². The number of nitriles is 1. The van der Waals surface area contributed by atoms with Crippen LogP contribution >= 0.6 is 0 Å². The highest BCUT2D eigenvalue weighted by molar-refractivity contribution is 5.94. The Hall–Kier alpha value is -2.97. The lowest BCUT2D eigenvalue weighted by atomic mass is 9.89. The Kier molecular flexibility index (Phi) is 4.74. The fourth-order valence-electron chi connectivity index (χ4n) is 3.94. The van der Waals surface area contributed by atoms with E-state index in [0.717, 1.165) is 48.1 Å². The van der Waals surface area contributed by atoms with E-state index in [-0.39, 0.29) is 0 Å². The van der Waals surface area contributed by atoms with Crippen molar-refractivity contribution < 1.29 is 9.47 Å². The van der Waals surface area contributed by atoms with Crippen LogP contribution in [0.5, 0.6) is 11.5 Å². The van der Waals surface area contributed by atoms with E-state index < -0.39 is 0 Å². The van der Waals surface area contributed by atoms with Gasteiger partial charge in [-0.3, -0.25) is 0 Å². The summed E-state index contributed by atoms with van der Waals surface area (Å²) in [7, 11) is 3.23. The number of benzene rings is 2. The van der Waals surface area contributed by atoms with Gasteiger partial charge in [-0.2, -0.15) is 5.26 Å². The Morgan fingerprint density at radius 3 is 2.48 bits per heavy atom. The summed E-state index contributed by atoms with van der Waals surface area (Å²) < 4.78 is 10.7. The van der Waals surface area contributed by atoms with Gasteiger partial charge in [-0.15, -0.1) is 0 Å². The van der Waals surface area contributed by atoms with Crippen LogP contribution in [0.2, 0.25) is 0 Å². The van der Waals surface area contributed by atoms with Crippen LogP contribution < -0.4 is 14.8 Å². The van der Waals surface area contributed by atoms with Gasteiger partial charge < -0.3 is 19.8 Å². The molecule has 0 radical (unpaired) electrons. The SMILES string of the molecule is COc1ccc(-c2[nH]c3ccc(C4CCNCC4)cc3c2C#N)cc1OC. The predicted molar refractivity (Wildman–Crippen MR) is 106 cm³/mol. The first-order valence-corrected chi connectivity index (χ1v) is 9.24. The molecule has 5 nitrogen and oxygen atoms in total. The number of rotatable bonds is 4. The van der Waals surface area contributed by atoms with Crippen LogP contribution in [0, 0.1) is 11.3 Å². The molecule has 4 rings (SSSR count). The molecule has 3 aromatic rings. The monoisotopic (exact) mass is 361 g/mol. The number of aromatic amines is 1. The highest BCUT2D eigenvalue weighted by Crippen LogP contribution is 2.37. The van der Waals surface area contributed by atoms with Crippen LogP contribution in [0.1, 0.15) is 29.9 Å². The summed E-state index contributed by atoms with van der Waals surface area (Å²) >= 11 is 0. The molecule has 2 N–H and O–H groups in total. The quantitative estimate of drug-likeness (QED) is 0.731. The molecule has 27 heavy (non-hydrogen) atoms. The highest BCUT2D eigenvalue weighted by atomic mass is 16.5. The number of nitrogens with zero attached hydrogens (tertiary/aromatic N) is 1. The van der Waals surface area contributed by atoms with E-state index in [4.69, 9.17) is 9.47 Å². The van der Waals surface area contributed by atoms with E-state index in [0.29, 0.717) is 23.0 Å². The van der Waals surface area contributed by atoms with Crippen molar-refractivity contribution in [2.75, 3.05) is 27.3 Å². The molecule has 0 amide bonds. The minimum Gasteiger partial charge on any atom is -0.493 e. The second-order valence-electron chi connectivity index (χ2n) is 6.89. The normalized spacial score (nSPS) is 14.9. The van der Waals surface area contributed by atoms with Gasteiger partial charge in [0.25, 0.3) is 0 Å². The number of ether oxygens (including phenoxy) is 2. The van der Waals surface area contributed by atoms with Gasteiger partial charge in [0, 0.05) is 16.5 Å². The van der Waals surface area contributed by atoms with Gasteiger partial charge in [0.05, 0.1) is 25.5 Å². The maximum absolute atomic E-state index is 9.86. The van der Waals surface area contributed by atoms with E-state index in [1.54, 1.807) is 14.2 Å². The molecule has 138 valence electrons. The maximum Gasteiger partial charge on any atom is 0.161 e. The van der Waals surface area contributed by atoms with E-state index in [9.17, 15) is 5.26 Å². The summed E-state index contributed by atoms with van der Waals surface area (Å²) in [6, 6.07) is 14.6. The number of methoxy groups -OCH3 is 2. The van der Waals surface area contributed by atoms with E-state index in [2.05, 4.69) is 34.6 Å². The third kappa shape index (κ3) is 3.13. The molecule has 1 aliphatic rings. The summed E-state index contributed by atoms with van der Waals surface area (Å²) in [4.78, 5) is 3.42. The van der Waals surface area contributed by atoms with Crippen LogP contribution in [0.4, 0.5) is 0 Å². The van der Waals surface area contributed by atoms with Gasteiger partial charge in [0.2, 0.25) is 0 Å². The summed E-state index contributed by atoms with van der Waals surface area (Å²) in [5.41, 5.74) is 4.69. The van der Waals surface area contributed by atoms with E-state index in [1.807, 2.05) is 18.2 Å². The average Bonchev–Trinajstić information content (AvgIpc) is 3.11. The molecule has 0 aliphatic carbocycles. The molecule has 1 aromatic heterocycles. The first-order chi connectivity index (χ1) is 13.2. The second kappa shape index (κ2) is 7.34. The largest absolute Gasteiger partial charge is 0.493 e. The summed E-state index contributed by atoms with van der Waals surface area (Å²) in [6.07, 6.45) is 2.28. The third-order valence-electron chi connectivity index (χ3n) is 5.42. The Labute approximate surface area is 158 Å². The molecule has 5 heteroatoms.